The van der Waals surface area contributed by atoms with Gasteiger partial charge in [-0.25, -0.2) is 0 Å². The molecule has 0 aliphatic carbocycles. The van der Waals surface area contributed by atoms with Crippen LogP contribution in [0.2, 0.25) is 0 Å². The lowest BCUT2D eigenvalue weighted by molar-refractivity contribution is 0.749. The molecule has 0 saturated carbocycles. The van der Waals surface area contributed by atoms with Crippen LogP contribution in [0.1, 0.15) is 30.5 Å². The Balaban J connectivity index is 2.18. The van der Waals surface area contributed by atoms with E-state index in [1.165, 1.54) is 5.56 Å². The first-order valence-electron chi connectivity index (χ1n) is 6.38. The number of anilines is 2. The molecule has 0 aromatic heterocycles. The Labute approximate surface area is 109 Å². The maximum absolute atomic E-state index is 5.84. The zero-order valence-corrected chi connectivity index (χ0v) is 11.0. The van der Waals surface area contributed by atoms with E-state index >= 15 is 0 Å². The summed E-state index contributed by atoms with van der Waals surface area (Å²) in [5, 5.41) is 3.56. The molecule has 2 aromatic carbocycles. The Bertz CT molecular complexity index is 506. The van der Waals surface area contributed by atoms with Gasteiger partial charge in [0.1, 0.15) is 0 Å². The molecule has 18 heavy (non-hydrogen) atoms. The van der Waals surface area contributed by atoms with Crippen molar-refractivity contribution < 1.29 is 0 Å². The number of nitrogens with two attached hydrogens (primary N) is 1. The zero-order valence-electron chi connectivity index (χ0n) is 11.0. The molecule has 2 heteroatoms. The second-order valence-electron chi connectivity index (χ2n) is 4.59. The topological polar surface area (TPSA) is 38.0 Å². The van der Waals surface area contributed by atoms with E-state index in [1.54, 1.807) is 0 Å². The molecule has 2 aromatic rings. The van der Waals surface area contributed by atoms with Crippen molar-refractivity contribution in [3.05, 3.63) is 59.7 Å². The van der Waals surface area contributed by atoms with Gasteiger partial charge in [-0.3, -0.25) is 0 Å². The summed E-state index contributed by atoms with van der Waals surface area (Å²) in [5.74, 6) is 0. The lowest BCUT2D eigenvalue weighted by Crippen LogP contribution is -2.09. The summed E-state index contributed by atoms with van der Waals surface area (Å²) in [6.07, 6.45) is 1.05. The maximum atomic E-state index is 5.84. The Morgan fingerprint density at radius 1 is 1.11 bits per heavy atom. The molecule has 2 nitrogen and oxygen atoms in total. The third kappa shape index (κ3) is 2.83. The van der Waals surface area contributed by atoms with Gasteiger partial charge in [0.25, 0.3) is 0 Å². The second kappa shape index (κ2) is 5.58. The van der Waals surface area contributed by atoms with Crippen molar-refractivity contribution in [1.82, 2.24) is 0 Å². The first-order chi connectivity index (χ1) is 8.70. The van der Waals surface area contributed by atoms with Gasteiger partial charge in [-0.2, -0.15) is 0 Å². The highest BCUT2D eigenvalue weighted by atomic mass is 14.9. The Kier molecular flexibility index (Phi) is 3.88. The van der Waals surface area contributed by atoms with Crippen molar-refractivity contribution in [2.75, 3.05) is 11.1 Å². The van der Waals surface area contributed by atoms with E-state index in [-0.39, 0.29) is 0 Å². The summed E-state index contributed by atoms with van der Waals surface area (Å²) in [5.41, 5.74) is 10.2. The minimum absolute atomic E-state index is 0.342. The molecule has 1 atom stereocenters. The lowest BCUT2D eigenvalue weighted by atomic mass is 10.0. The SMILES string of the molecule is CCC(Nc1ccc(N)c(C)c1)c1ccccc1. The highest BCUT2D eigenvalue weighted by molar-refractivity contribution is 5.57. The van der Waals surface area contributed by atoms with E-state index in [0.717, 1.165) is 23.4 Å². The van der Waals surface area contributed by atoms with Crippen LogP contribution < -0.4 is 11.1 Å². The number of hydrogen-bond donors (Lipinski definition) is 2. The predicted octanol–water partition coefficient (Wildman–Crippen LogP) is 4.14. The van der Waals surface area contributed by atoms with E-state index in [0.29, 0.717) is 6.04 Å². The summed E-state index contributed by atoms with van der Waals surface area (Å²) in [6, 6.07) is 16.9. The summed E-state index contributed by atoms with van der Waals surface area (Å²) in [7, 11) is 0. The first kappa shape index (κ1) is 12.5. The largest absolute Gasteiger partial charge is 0.399 e. The number of nitrogens with one attached hydrogen (secondary N) is 1. The second-order valence-corrected chi connectivity index (χ2v) is 4.59. The Morgan fingerprint density at radius 3 is 2.44 bits per heavy atom. The molecule has 0 bridgehead atoms. The van der Waals surface area contributed by atoms with Gasteiger partial charge in [0, 0.05) is 11.4 Å². The van der Waals surface area contributed by atoms with Crippen LogP contribution in [0.4, 0.5) is 11.4 Å². The van der Waals surface area contributed by atoms with Gasteiger partial charge in [0.05, 0.1) is 6.04 Å². The Hall–Kier alpha value is -1.96. The van der Waals surface area contributed by atoms with Crippen LogP contribution >= 0.6 is 0 Å². The maximum Gasteiger partial charge on any atom is 0.0511 e. The molecular formula is C16H20N2. The zero-order chi connectivity index (χ0) is 13.0. The normalized spacial score (nSPS) is 12.1. The van der Waals surface area contributed by atoms with Crippen molar-refractivity contribution in [3.8, 4) is 0 Å². The summed E-state index contributed by atoms with van der Waals surface area (Å²) >= 11 is 0. The van der Waals surface area contributed by atoms with E-state index < -0.39 is 0 Å². The van der Waals surface area contributed by atoms with Crippen molar-refractivity contribution in [2.45, 2.75) is 26.3 Å². The van der Waals surface area contributed by atoms with E-state index in [2.05, 4.69) is 42.6 Å². The van der Waals surface area contributed by atoms with Crippen molar-refractivity contribution in [2.24, 2.45) is 0 Å². The van der Waals surface area contributed by atoms with Crippen LogP contribution in [0.5, 0.6) is 0 Å². The smallest absolute Gasteiger partial charge is 0.0511 e. The predicted molar refractivity (Wildman–Crippen MR) is 78.7 cm³/mol. The molecule has 0 fully saturated rings. The van der Waals surface area contributed by atoms with Gasteiger partial charge in [-0.05, 0) is 42.7 Å². The average molecular weight is 240 g/mol. The third-order valence-electron chi connectivity index (χ3n) is 3.22. The van der Waals surface area contributed by atoms with Gasteiger partial charge < -0.3 is 11.1 Å². The average Bonchev–Trinajstić information content (AvgIpc) is 2.41. The fraction of sp³-hybridized carbons (Fsp3) is 0.250. The minimum Gasteiger partial charge on any atom is -0.399 e. The monoisotopic (exact) mass is 240 g/mol. The van der Waals surface area contributed by atoms with Gasteiger partial charge in [-0.15, -0.1) is 0 Å². The molecule has 0 heterocycles. The molecule has 0 aliphatic rings. The van der Waals surface area contributed by atoms with Crippen molar-refractivity contribution in [3.63, 3.8) is 0 Å². The van der Waals surface area contributed by atoms with Crippen LogP contribution in [0, 0.1) is 6.92 Å². The van der Waals surface area contributed by atoms with Crippen LogP contribution in [-0.2, 0) is 0 Å². The number of rotatable bonds is 4. The van der Waals surface area contributed by atoms with Crippen molar-refractivity contribution in [1.29, 1.82) is 0 Å². The van der Waals surface area contributed by atoms with Crippen LogP contribution in [0.3, 0.4) is 0 Å². The van der Waals surface area contributed by atoms with Gasteiger partial charge >= 0.3 is 0 Å². The van der Waals surface area contributed by atoms with E-state index in [1.807, 2.05) is 25.1 Å². The third-order valence-corrected chi connectivity index (χ3v) is 3.22. The molecule has 2 rings (SSSR count). The molecule has 1 unspecified atom stereocenters. The van der Waals surface area contributed by atoms with Gasteiger partial charge in [0.15, 0.2) is 0 Å². The summed E-state index contributed by atoms with van der Waals surface area (Å²) < 4.78 is 0. The number of hydrogen-bond acceptors (Lipinski definition) is 2. The molecular weight excluding hydrogens is 220 g/mol. The molecule has 0 amide bonds. The highest BCUT2D eigenvalue weighted by Crippen LogP contribution is 2.24. The minimum atomic E-state index is 0.342. The standard InChI is InChI=1S/C16H20N2/c1-3-16(13-7-5-4-6-8-13)18-14-9-10-15(17)12(2)11-14/h4-11,16,18H,3,17H2,1-2H3. The fourth-order valence-electron chi connectivity index (χ4n) is 2.07. The van der Waals surface area contributed by atoms with Crippen molar-refractivity contribution >= 4 is 11.4 Å². The molecule has 0 aliphatic heterocycles. The first-order valence-corrected chi connectivity index (χ1v) is 6.38. The number of benzene rings is 2. The summed E-state index contributed by atoms with van der Waals surface area (Å²) in [4.78, 5) is 0. The molecule has 0 radical (unpaired) electrons. The molecule has 0 saturated heterocycles. The number of aryl methyl sites for hydroxylation is 1. The van der Waals surface area contributed by atoms with E-state index in [4.69, 9.17) is 5.73 Å². The fourth-order valence-corrected chi connectivity index (χ4v) is 2.07. The number of nitrogen functional groups attached to an aromatic ring is 1. The summed E-state index contributed by atoms with van der Waals surface area (Å²) in [6.45, 7) is 4.22. The van der Waals surface area contributed by atoms with E-state index in [9.17, 15) is 0 Å². The quantitative estimate of drug-likeness (QED) is 0.788. The highest BCUT2D eigenvalue weighted by Gasteiger charge is 2.08. The van der Waals surface area contributed by atoms with Crippen LogP contribution in [0.25, 0.3) is 0 Å². The Morgan fingerprint density at radius 2 is 1.83 bits per heavy atom. The molecule has 94 valence electrons. The van der Waals surface area contributed by atoms with Gasteiger partial charge in [-0.1, -0.05) is 37.3 Å². The van der Waals surface area contributed by atoms with Crippen LogP contribution in [0.15, 0.2) is 48.5 Å². The van der Waals surface area contributed by atoms with Crippen LogP contribution in [-0.4, -0.2) is 0 Å². The van der Waals surface area contributed by atoms with Gasteiger partial charge in [0.2, 0.25) is 0 Å². The lowest BCUT2D eigenvalue weighted by Gasteiger charge is -2.19. The molecule has 3 N–H and O–H groups in total. The molecule has 0 spiro atoms.